The van der Waals surface area contributed by atoms with Crippen LogP contribution in [-0.2, 0) is 19.0 Å². The summed E-state index contributed by atoms with van der Waals surface area (Å²) in [5.74, 6) is 0. The largest absolute Gasteiger partial charge is 0.444 e. The van der Waals surface area contributed by atoms with E-state index in [-0.39, 0.29) is 6.61 Å². The molecule has 0 fully saturated rings. The van der Waals surface area contributed by atoms with Crippen LogP contribution < -0.4 is 5.32 Å². The van der Waals surface area contributed by atoms with Gasteiger partial charge in [-0.05, 0) is 40.7 Å². The van der Waals surface area contributed by atoms with Gasteiger partial charge in [0, 0.05) is 6.04 Å². The van der Waals surface area contributed by atoms with Crippen molar-refractivity contribution in [2.45, 2.75) is 46.3 Å². The quantitative estimate of drug-likeness (QED) is 0.776. The average Bonchev–Trinajstić information content (AvgIpc) is 2.11. The van der Waals surface area contributed by atoms with Gasteiger partial charge in [0.15, 0.2) is 0 Å². The molecule has 1 N–H and O–H groups in total. The van der Waals surface area contributed by atoms with Gasteiger partial charge in [0.1, 0.15) is 5.60 Å². The van der Waals surface area contributed by atoms with E-state index in [0.29, 0.717) is 0 Å². The summed E-state index contributed by atoms with van der Waals surface area (Å²) >= 11 is 0. The van der Waals surface area contributed by atoms with Crippen molar-refractivity contribution >= 4 is 16.2 Å². The number of carbonyl (C=O) groups excluding carboxylic acids is 1. The number of ether oxygens (including phenoxy) is 1. The van der Waals surface area contributed by atoms with Crippen LogP contribution in [0, 0.1) is 0 Å². The lowest BCUT2D eigenvalue weighted by molar-refractivity contribution is 0.0518. The summed E-state index contributed by atoms with van der Waals surface area (Å²) < 4.78 is 31.9. The number of amides is 1. The van der Waals surface area contributed by atoms with E-state index in [4.69, 9.17) is 4.74 Å². The van der Waals surface area contributed by atoms with Crippen molar-refractivity contribution < 1.29 is 22.1 Å². The van der Waals surface area contributed by atoms with Crippen LogP contribution in [0.5, 0.6) is 0 Å². The maximum absolute atomic E-state index is 11.4. The summed E-state index contributed by atoms with van der Waals surface area (Å²) in [4.78, 5) is 11.4. The highest BCUT2D eigenvalue weighted by atomic mass is 32.2. The molecule has 0 radical (unpaired) electrons. The molecule has 18 heavy (non-hydrogen) atoms. The minimum Gasteiger partial charge on any atom is -0.444 e. The van der Waals surface area contributed by atoms with Crippen molar-refractivity contribution in [1.29, 1.82) is 0 Å². The molecule has 7 heteroatoms. The van der Waals surface area contributed by atoms with Crippen LogP contribution in [-0.4, -0.2) is 32.8 Å². The fourth-order valence-electron chi connectivity index (χ4n) is 0.959. The van der Waals surface area contributed by atoms with Gasteiger partial charge in [0.25, 0.3) is 10.1 Å². The van der Waals surface area contributed by atoms with Crippen molar-refractivity contribution in [1.82, 2.24) is 5.32 Å². The molecule has 0 spiro atoms. The zero-order valence-electron chi connectivity index (χ0n) is 11.4. The molecule has 6 nitrogen and oxygen atoms in total. The molecule has 0 saturated carbocycles. The molecule has 106 valence electrons. The monoisotopic (exact) mass is 279 g/mol. The Hall–Kier alpha value is -1.08. The molecular formula is C11H21NO5S. The molecule has 0 aliphatic heterocycles. The second-order valence-corrected chi connectivity index (χ2v) is 6.16. The van der Waals surface area contributed by atoms with E-state index in [1.165, 1.54) is 6.08 Å². The SMILES string of the molecule is CCOS(=O)(=O)/C=C\[C@@H](C)NC(=O)OC(C)(C)C. The highest BCUT2D eigenvalue weighted by Crippen LogP contribution is 2.07. The first-order chi connectivity index (χ1) is 8.06. The maximum Gasteiger partial charge on any atom is 0.408 e. The van der Waals surface area contributed by atoms with E-state index in [0.717, 1.165) is 5.41 Å². The molecular weight excluding hydrogens is 258 g/mol. The van der Waals surface area contributed by atoms with Crippen LogP contribution in [0.15, 0.2) is 11.5 Å². The van der Waals surface area contributed by atoms with Crippen molar-refractivity contribution in [3.63, 3.8) is 0 Å². The van der Waals surface area contributed by atoms with Crippen molar-refractivity contribution in [2.75, 3.05) is 6.61 Å². The third-order valence-corrected chi connectivity index (χ3v) is 2.62. The third-order valence-electron chi connectivity index (χ3n) is 1.56. The zero-order chi connectivity index (χ0) is 14.4. The fourth-order valence-corrected chi connectivity index (χ4v) is 1.79. The number of nitrogens with one attached hydrogen (secondary N) is 1. The third kappa shape index (κ3) is 9.00. The molecule has 0 rings (SSSR count). The normalized spacial score (nSPS) is 14.5. The number of carbonyl (C=O) groups is 1. The highest BCUT2D eigenvalue weighted by molar-refractivity contribution is 7.89. The van der Waals surface area contributed by atoms with Crippen molar-refractivity contribution in [3.05, 3.63) is 11.5 Å². The van der Waals surface area contributed by atoms with Crippen LogP contribution in [0.2, 0.25) is 0 Å². The Morgan fingerprint density at radius 1 is 1.39 bits per heavy atom. The lowest BCUT2D eigenvalue weighted by Gasteiger charge is -2.20. The van der Waals surface area contributed by atoms with E-state index < -0.39 is 27.9 Å². The molecule has 0 aromatic heterocycles. The van der Waals surface area contributed by atoms with E-state index in [2.05, 4.69) is 9.50 Å². The molecule has 0 aromatic rings. The van der Waals surface area contributed by atoms with Gasteiger partial charge < -0.3 is 10.1 Å². The van der Waals surface area contributed by atoms with Gasteiger partial charge in [-0.1, -0.05) is 0 Å². The Morgan fingerprint density at radius 3 is 2.39 bits per heavy atom. The first-order valence-corrected chi connectivity index (χ1v) is 7.10. The van der Waals surface area contributed by atoms with Crippen LogP contribution in [0.25, 0.3) is 0 Å². The zero-order valence-corrected chi connectivity index (χ0v) is 12.2. The molecule has 0 heterocycles. The summed E-state index contributed by atoms with van der Waals surface area (Å²) in [6, 6.07) is -0.477. The van der Waals surface area contributed by atoms with Crippen LogP contribution in [0.1, 0.15) is 34.6 Å². The fraction of sp³-hybridized carbons (Fsp3) is 0.727. The molecule has 0 aliphatic carbocycles. The first-order valence-electron chi connectivity index (χ1n) is 5.63. The van der Waals surface area contributed by atoms with E-state index in [1.807, 2.05) is 0 Å². The predicted molar refractivity (Wildman–Crippen MR) is 68.5 cm³/mol. The summed E-state index contributed by atoms with van der Waals surface area (Å²) in [5, 5.41) is 3.40. The standard InChI is InChI=1S/C11H21NO5S/c1-6-16-18(14,15)8-7-9(2)12-10(13)17-11(3,4)5/h7-9H,6H2,1-5H3,(H,12,13)/b8-7-/t9-/m1/s1. The van der Waals surface area contributed by atoms with Crippen LogP contribution in [0.3, 0.4) is 0 Å². The Balaban J connectivity index is 4.32. The van der Waals surface area contributed by atoms with Crippen molar-refractivity contribution in [2.24, 2.45) is 0 Å². The number of alkyl carbamates (subject to hydrolysis) is 1. The minimum atomic E-state index is -3.67. The van der Waals surface area contributed by atoms with Gasteiger partial charge in [-0.3, -0.25) is 4.18 Å². The van der Waals surface area contributed by atoms with Crippen LogP contribution >= 0.6 is 0 Å². The average molecular weight is 279 g/mol. The Bertz CT molecular complexity index is 394. The van der Waals surface area contributed by atoms with Gasteiger partial charge in [0.2, 0.25) is 0 Å². The van der Waals surface area contributed by atoms with Gasteiger partial charge in [0.05, 0.1) is 12.0 Å². The van der Waals surface area contributed by atoms with Gasteiger partial charge in [-0.15, -0.1) is 0 Å². The molecule has 1 amide bonds. The second kappa shape index (κ2) is 6.75. The van der Waals surface area contributed by atoms with E-state index >= 15 is 0 Å². The summed E-state index contributed by atoms with van der Waals surface area (Å²) in [6.07, 6.45) is 0.711. The Labute approximate surface area is 108 Å². The molecule has 1 atom stereocenters. The van der Waals surface area contributed by atoms with E-state index in [1.54, 1.807) is 34.6 Å². The Kier molecular flexibility index (Phi) is 6.34. The maximum atomic E-state index is 11.4. The topological polar surface area (TPSA) is 81.7 Å². The van der Waals surface area contributed by atoms with Crippen LogP contribution in [0.4, 0.5) is 4.79 Å². The predicted octanol–water partition coefficient (Wildman–Crippen LogP) is 1.78. The number of hydrogen-bond donors (Lipinski definition) is 1. The lowest BCUT2D eigenvalue weighted by Crippen LogP contribution is -2.36. The first kappa shape index (κ1) is 16.9. The Morgan fingerprint density at radius 2 is 1.94 bits per heavy atom. The summed E-state index contributed by atoms with van der Waals surface area (Å²) in [7, 11) is -3.67. The minimum absolute atomic E-state index is 0.0700. The molecule has 0 unspecified atom stereocenters. The lowest BCUT2D eigenvalue weighted by atomic mass is 10.2. The summed E-state index contributed by atoms with van der Waals surface area (Å²) in [6.45, 7) is 8.50. The molecule has 0 aromatic carbocycles. The molecule has 0 saturated heterocycles. The van der Waals surface area contributed by atoms with E-state index in [9.17, 15) is 13.2 Å². The van der Waals surface area contributed by atoms with Gasteiger partial charge >= 0.3 is 6.09 Å². The van der Waals surface area contributed by atoms with Crippen molar-refractivity contribution in [3.8, 4) is 0 Å². The second-order valence-electron chi connectivity index (χ2n) is 4.66. The van der Waals surface area contributed by atoms with Gasteiger partial charge in [-0.2, -0.15) is 8.42 Å². The summed E-state index contributed by atoms with van der Waals surface area (Å²) in [5.41, 5.74) is -0.592. The number of hydrogen-bond acceptors (Lipinski definition) is 5. The molecule has 0 bridgehead atoms. The van der Waals surface area contributed by atoms with Gasteiger partial charge in [-0.25, -0.2) is 4.79 Å². The smallest absolute Gasteiger partial charge is 0.408 e. The highest BCUT2D eigenvalue weighted by Gasteiger charge is 2.17. The number of rotatable bonds is 5. The molecule has 0 aliphatic rings.